The van der Waals surface area contributed by atoms with Crippen molar-refractivity contribution >= 4 is 32.4 Å². The van der Waals surface area contributed by atoms with Crippen LogP contribution in [0.5, 0.6) is 0 Å². The summed E-state index contributed by atoms with van der Waals surface area (Å²) in [6.07, 6.45) is 2.99. The van der Waals surface area contributed by atoms with Crippen molar-refractivity contribution in [3.63, 3.8) is 0 Å². The number of benzene rings is 1. The van der Waals surface area contributed by atoms with E-state index in [1.807, 2.05) is 0 Å². The molecule has 1 amide bonds. The van der Waals surface area contributed by atoms with Gasteiger partial charge in [0.25, 0.3) is 5.91 Å². The minimum absolute atomic E-state index is 0.00622. The highest BCUT2D eigenvalue weighted by molar-refractivity contribution is 7.89. The molecule has 0 unspecified atom stereocenters. The van der Waals surface area contributed by atoms with E-state index in [9.17, 15) is 22.0 Å². The molecule has 0 atom stereocenters. The molecule has 1 N–H and O–H groups in total. The molecule has 0 saturated heterocycles. The fourth-order valence-electron chi connectivity index (χ4n) is 2.82. The maximum Gasteiger partial charge on any atom is 0.260 e. The van der Waals surface area contributed by atoms with Gasteiger partial charge in [-0.15, -0.1) is 11.3 Å². The summed E-state index contributed by atoms with van der Waals surface area (Å²) < 4.78 is 58.5. The number of nitrogens with one attached hydrogen (secondary N) is 1. The monoisotopic (exact) mass is 425 g/mol. The minimum atomic E-state index is -4.13. The van der Waals surface area contributed by atoms with E-state index in [1.165, 1.54) is 18.6 Å². The first-order valence-electron chi connectivity index (χ1n) is 8.12. The van der Waals surface area contributed by atoms with Crippen LogP contribution in [0.15, 0.2) is 46.1 Å². The number of sulfonamides is 1. The zero-order valence-electron chi connectivity index (χ0n) is 14.2. The van der Waals surface area contributed by atoms with Crippen LogP contribution in [-0.4, -0.2) is 30.2 Å². The number of amides is 1. The number of hydrogen-bond acceptors (Lipinski definition) is 6. The van der Waals surface area contributed by atoms with Crippen LogP contribution in [0.4, 0.5) is 13.9 Å². The second-order valence-electron chi connectivity index (χ2n) is 6.02. The molecule has 2 aromatic heterocycles. The predicted octanol–water partition coefficient (Wildman–Crippen LogP) is 3.01. The van der Waals surface area contributed by atoms with Gasteiger partial charge < -0.3 is 4.42 Å². The SMILES string of the molecule is O=C(Nc1nc2c(s1)CN(S(=O)(=O)c1ccc(F)cc1F)CC2)c1ccoc1. The molecule has 1 aromatic carbocycles. The van der Waals surface area contributed by atoms with Gasteiger partial charge in [-0.3, -0.25) is 10.1 Å². The second-order valence-corrected chi connectivity index (χ2v) is 9.01. The maximum absolute atomic E-state index is 14.0. The van der Waals surface area contributed by atoms with Crippen molar-refractivity contribution in [1.29, 1.82) is 0 Å². The van der Waals surface area contributed by atoms with Crippen LogP contribution in [0.1, 0.15) is 20.9 Å². The van der Waals surface area contributed by atoms with E-state index >= 15 is 0 Å². The molecule has 0 radical (unpaired) electrons. The quantitative estimate of drug-likeness (QED) is 0.694. The van der Waals surface area contributed by atoms with Gasteiger partial charge in [-0.25, -0.2) is 22.2 Å². The molecule has 0 saturated carbocycles. The number of anilines is 1. The Morgan fingerprint density at radius 2 is 2.11 bits per heavy atom. The summed E-state index contributed by atoms with van der Waals surface area (Å²) in [5.41, 5.74) is 1.02. The van der Waals surface area contributed by atoms with Gasteiger partial charge in [0.15, 0.2) is 5.13 Å². The summed E-state index contributed by atoms with van der Waals surface area (Å²) in [6.45, 7) is 0.0960. The van der Waals surface area contributed by atoms with Crippen molar-refractivity contribution in [3.05, 3.63) is 64.6 Å². The molecule has 0 fully saturated rings. The van der Waals surface area contributed by atoms with Crippen molar-refractivity contribution in [3.8, 4) is 0 Å². The highest BCUT2D eigenvalue weighted by Crippen LogP contribution is 2.32. The number of halogens is 2. The summed E-state index contributed by atoms with van der Waals surface area (Å²) in [5.74, 6) is -2.38. The van der Waals surface area contributed by atoms with E-state index in [2.05, 4.69) is 10.3 Å². The van der Waals surface area contributed by atoms with Gasteiger partial charge in [0.1, 0.15) is 22.8 Å². The Bertz CT molecular complexity index is 1140. The fraction of sp³-hybridized carbons (Fsp3) is 0.176. The lowest BCUT2D eigenvalue weighted by Crippen LogP contribution is -2.36. The molecule has 0 bridgehead atoms. The number of furan rings is 1. The van der Waals surface area contributed by atoms with E-state index in [0.717, 1.165) is 27.8 Å². The lowest BCUT2D eigenvalue weighted by atomic mass is 10.2. The Hall–Kier alpha value is -2.63. The van der Waals surface area contributed by atoms with Gasteiger partial charge in [0.05, 0.1) is 24.1 Å². The van der Waals surface area contributed by atoms with Crippen LogP contribution < -0.4 is 5.32 Å². The third-order valence-electron chi connectivity index (χ3n) is 4.21. The average molecular weight is 425 g/mol. The number of nitrogens with zero attached hydrogens (tertiary/aromatic N) is 2. The molecule has 3 heterocycles. The van der Waals surface area contributed by atoms with Crippen LogP contribution in [0.25, 0.3) is 0 Å². The molecule has 0 aliphatic carbocycles. The van der Waals surface area contributed by atoms with E-state index in [-0.39, 0.29) is 13.1 Å². The standard InChI is InChI=1S/C17H13F2N3O4S2/c18-11-1-2-15(12(19)7-11)28(24,25)22-5-3-13-14(8-22)27-17(20-13)21-16(23)10-4-6-26-9-10/h1-2,4,6-7,9H,3,5,8H2,(H,20,21,23). The molecular formula is C17H13F2N3O4S2. The van der Waals surface area contributed by atoms with E-state index < -0.39 is 32.5 Å². The lowest BCUT2D eigenvalue weighted by molar-refractivity contribution is 0.102. The molecule has 1 aliphatic heterocycles. The normalized spacial score (nSPS) is 14.6. The van der Waals surface area contributed by atoms with Crippen molar-refractivity contribution in [2.75, 3.05) is 11.9 Å². The smallest absolute Gasteiger partial charge is 0.260 e. The fourth-order valence-corrected chi connectivity index (χ4v) is 5.37. The Labute approximate surface area is 162 Å². The highest BCUT2D eigenvalue weighted by Gasteiger charge is 2.32. The third kappa shape index (κ3) is 3.43. The summed E-state index contributed by atoms with van der Waals surface area (Å²) in [4.78, 5) is 16.5. The molecule has 4 rings (SSSR count). The van der Waals surface area contributed by atoms with E-state index in [4.69, 9.17) is 4.42 Å². The van der Waals surface area contributed by atoms with Gasteiger partial charge in [0.2, 0.25) is 10.0 Å². The Kier molecular flexibility index (Phi) is 4.73. The number of carbonyl (C=O) groups is 1. The highest BCUT2D eigenvalue weighted by atomic mass is 32.2. The predicted molar refractivity (Wildman–Crippen MR) is 96.4 cm³/mol. The van der Waals surface area contributed by atoms with Crippen LogP contribution in [-0.2, 0) is 23.0 Å². The van der Waals surface area contributed by atoms with Crippen molar-refractivity contribution in [2.24, 2.45) is 0 Å². The first-order chi connectivity index (χ1) is 13.3. The maximum atomic E-state index is 14.0. The van der Waals surface area contributed by atoms with Gasteiger partial charge in [-0.2, -0.15) is 4.31 Å². The Morgan fingerprint density at radius 3 is 2.82 bits per heavy atom. The number of carbonyl (C=O) groups excluding carboxylic acids is 1. The molecule has 146 valence electrons. The van der Waals surface area contributed by atoms with Crippen molar-refractivity contribution in [1.82, 2.24) is 9.29 Å². The van der Waals surface area contributed by atoms with Crippen LogP contribution >= 0.6 is 11.3 Å². The molecule has 11 heteroatoms. The van der Waals surface area contributed by atoms with Gasteiger partial charge in [-0.1, -0.05) is 0 Å². The third-order valence-corrected chi connectivity index (χ3v) is 7.09. The topological polar surface area (TPSA) is 92.5 Å². The molecule has 0 spiro atoms. The number of rotatable bonds is 4. The van der Waals surface area contributed by atoms with Crippen molar-refractivity contribution < 1.29 is 26.4 Å². The lowest BCUT2D eigenvalue weighted by Gasteiger charge is -2.25. The number of hydrogen-bond donors (Lipinski definition) is 1. The summed E-state index contributed by atoms with van der Waals surface area (Å²) in [5, 5.41) is 2.98. The number of fused-ring (bicyclic) bond motifs is 1. The van der Waals surface area contributed by atoms with E-state index in [1.54, 1.807) is 0 Å². The molecule has 7 nitrogen and oxygen atoms in total. The number of aromatic nitrogens is 1. The Balaban J connectivity index is 1.55. The largest absolute Gasteiger partial charge is 0.472 e. The second kappa shape index (κ2) is 7.08. The summed E-state index contributed by atoms with van der Waals surface area (Å²) in [6, 6.07) is 3.87. The molecule has 28 heavy (non-hydrogen) atoms. The zero-order chi connectivity index (χ0) is 19.9. The van der Waals surface area contributed by atoms with Crippen LogP contribution in [0.2, 0.25) is 0 Å². The van der Waals surface area contributed by atoms with E-state index in [0.29, 0.717) is 33.8 Å². The van der Waals surface area contributed by atoms with Crippen LogP contribution in [0.3, 0.4) is 0 Å². The van der Waals surface area contributed by atoms with Gasteiger partial charge >= 0.3 is 0 Å². The Morgan fingerprint density at radius 1 is 1.29 bits per heavy atom. The van der Waals surface area contributed by atoms with Gasteiger partial charge in [-0.05, 0) is 18.2 Å². The first kappa shape index (κ1) is 18.7. The minimum Gasteiger partial charge on any atom is -0.472 e. The average Bonchev–Trinajstić information content (AvgIpc) is 3.30. The summed E-state index contributed by atoms with van der Waals surface area (Å²) in [7, 11) is -4.13. The molecule has 1 aliphatic rings. The van der Waals surface area contributed by atoms with Crippen molar-refractivity contribution in [2.45, 2.75) is 17.9 Å². The van der Waals surface area contributed by atoms with Gasteiger partial charge in [0, 0.05) is 23.9 Å². The first-order valence-corrected chi connectivity index (χ1v) is 10.4. The summed E-state index contributed by atoms with van der Waals surface area (Å²) >= 11 is 1.15. The zero-order valence-corrected chi connectivity index (χ0v) is 15.8. The molecule has 3 aromatic rings. The number of thiazole rings is 1. The molecular weight excluding hydrogens is 412 g/mol. The van der Waals surface area contributed by atoms with Crippen LogP contribution in [0, 0.1) is 11.6 Å².